The Morgan fingerprint density at radius 2 is 2.38 bits per heavy atom. The van der Waals surface area contributed by atoms with Crippen molar-refractivity contribution in [3.63, 3.8) is 0 Å². The van der Waals surface area contributed by atoms with Crippen LogP contribution in [0.1, 0.15) is 13.8 Å². The molecule has 1 rings (SSSR count). The molecule has 0 aromatic rings. The monoisotopic (exact) mass is 182 g/mol. The quantitative estimate of drug-likeness (QED) is 0.516. The zero-order valence-electron chi connectivity index (χ0n) is 7.79. The first-order chi connectivity index (χ1) is 5.96. The number of nitrogens with one attached hydrogen (secondary N) is 1. The summed E-state index contributed by atoms with van der Waals surface area (Å²) in [7, 11) is 0. The average molecular weight is 182 g/mol. The highest BCUT2D eigenvalue weighted by Gasteiger charge is 2.27. The van der Waals surface area contributed by atoms with E-state index >= 15 is 0 Å². The number of aliphatic imine (C=N–C) groups is 1. The van der Waals surface area contributed by atoms with Gasteiger partial charge in [0, 0.05) is 6.54 Å². The first-order valence-corrected chi connectivity index (χ1v) is 4.12. The highest BCUT2D eigenvalue weighted by molar-refractivity contribution is 6.45. The molecule has 0 bridgehead atoms. The molecule has 0 aliphatic carbocycles. The van der Waals surface area contributed by atoms with Crippen LogP contribution in [-0.4, -0.2) is 23.8 Å². The molecule has 1 unspecified atom stereocenters. The highest BCUT2D eigenvalue weighted by atomic mass is 16.1. The normalized spacial score (nSPS) is 26.7. The van der Waals surface area contributed by atoms with Gasteiger partial charge in [-0.3, -0.25) is 9.79 Å². The minimum Gasteiger partial charge on any atom is -0.397 e. The zero-order valence-corrected chi connectivity index (χ0v) is 7.79. The molecule has 5 nitrogen and oxygen atoms in total. The van der Waals surface area contributed by atoms with Crippen LogP contribution in [0.25, 0.3) is 0 Å². The lowest BCUT2D eigenvalue weighted by Crippen LogP contribution is -2.34. The van der Waals surface area contributed by atoms with Gasteiger partial charge in [-0.25, -0.2) is 0 Å². The molecule has 0 aromatic heterocycles. The molecular formula is C8H14N4O. The minimum absolute atomic E-state index is 0.229. The molecule has 1 heterocycles. The maximum absolute atomic E-state index is 11.3. The van der Waals surface area contributed by atoms with Crippen molar-refractivity contribution < 1.29 is 4.79 Å². The third kappa shape index (κ3) is 2.06. The van der Waals surface area contributed by atoms with Crippen molar-refractivity contribution in [2.24, 2.45) is 16.5 Å². The van der Waals surface area contributed by atoms with Crippen LogP contribution in [0.5, 0.6) is 0 Å². The van der Waals surface area contributed by atoms with Gasteiger partial charge in [0.2, 0.25) is 0 Å². The smallest absolute Gasteiger partial charge is 0.271 e. The van der Waals surface area contributed by atoms with Gasteiger partial charge in [-0.15, -0.1) is 0 Å². The van der Waals surface area contributed by atoms with Crippen LogP contribution in [0.4, 0.5) is 0 Å². The van der Waals surface area contributed by atoms with Crippen molar-refractivity contribution in [2.45, 2.75) is 19.5 Å². The van der Waals surface area contributed by atoms with E-state index in [1.54, 1.807) is 13.0 Å². The van der Waals surface area contributed by atoms with Gasteiger partial charge in [-0.2, -0.15) is 0 Å². The molecule has 1 atom stereocenters. The Morgan fingerprint density at radius 3 is 2.77 bits per heavy atom. The second-order valence-electron chi connectivity index (χ2n) is 3.15. The third-order valence-corrected chi connectivity index (χ3v) is 1.63. The van der Waals surface area contributed by atoms with Crippen LogP contribution in [0, 0.1) is 0 Å². The molecule has 5 heteroatoms. The predicted octanol–water partition coefficient (Wildman–Crippen LogP) is -0.905. The first-order valence-electron chi connectivity index (χ1n) is 4.12. The summed E-state index contributed by atoms with van der Waals surface area (Å²) in [6, 6.07) is 0. The third-order valence-electron chi connectivity index (χ3n) is 1.63. The summed E-state index contributed by atoms with van der Waals surface area (Å²) in [4.78, 5) is 15.3. The summed E-state index contributed by atoms with van der Waals surface area (Å²) in [5.74, 6) is -0.273. The summed E-state index contributed by atoms with van der Waals surface area (Å²) in [6.07, 6.45) is 1.57. The highest BCUT2D eigenvalue weighted by Crippen LogP contribution is 2.15. The van der Waals surface area contributed by atoms with Crippen molar-refractivity contribution in [1.82, 2.24) is 5.32 Å². The van der Waals surface area contributed by atoms with E-state index in [9.17, 15) is 4.79 Å². The number of nitrogens with two attached hydrogens (primary N) is 2. The molecule has 0 spiro atoms. The Kier molecular flexibility index (Phi) is 2.38. The Labute approximate surface area is 76.9 Å². The first kappa shape index (κ1) is 9.73. The summed E-state index contributed by atoms with van der Waals surface area (Å²) in [5.41, 5.74) is 11.0. The number of amides is 1. The largest absolute Gasteiger partial charge is 0.397 e. The minimum atomic E-state index is -0.843. The Balaban J connectivity index is 2.84. The number of hydrogen-bond acceptors (Lipinski definition) is 4. The topological polar surface area (TPSA) is 93.5 Å². The van der Waals surface area contributed by atoms with E-state index in [1.807, 2.05) is 6.92 Å². The van der Waals surface area contributed by atoms with Crippen LogP contribution < -0.4 is 16.8 Å². The fourth-order valence-electron chi connectivity index (χ4n) is 1.15. The molecule has 0 saturated carbocycles. The fourth-order valence-corrected chi connectivity index (χ4v) is 1.15. The fraction of sp³-hybridized carbons (Fsp3) is 0.500. The molecule has 0 saturated heterocycles. The number of carbonyl (C=O) groups is 1. The maximum Gasteiger partial charge on any atom is 0.271 e. The summed E-state index contributed by atoms with van der Waals surface area (Å²) >= 11 is 0. The van der Waals surface area contributed by atoms with E-state index < -0.39 is 5.66 Å². The zero-order chi connectivity index (χ0) is 10.1. The van der Waals surface area contributed by atoms with Crippen molar-refractivity contribution in [3.05, 3.63) is 11.8 Å². The van der Waals surface area contributed by atoms with E-state index in [1.165, 1.54) is 0 Å². The van der Waals surface area contributed by atoms with Crippen molar-refractivity contribution in [1.29, 1.82) is 0 Å². The Hall–Kier alpha value is -1.36. The molecule has 1 aliphatic rings. The predicted molar refractivity (Wildman–Crippen MR) is 51.0 cm³/mol. The van der Waals surface area contributed by atoms with Crippen LogP contribution >= 0.6 is 0 Å². The van der Waals surface area contributed by atoms with Crippen molar-refractivity contribution in [3.8, 4) is 0 Å². The Bertz CT molecular complexity index is 291. The van der Waals surface area contributed by atoms with E-state index in [-0.39, 0.29) is 11.6 Å². The summed E-state index contributed by atoms with van der Waals surface area (Å²) in [6.45, 7) is 4.06. The van der Waals surface area contributed by atoms with E-state index in [2.05, 4.69) is 10.3 Å². The van der Waals surface area contributed by atoms with Crippen LogP contribution in [0.3, 0.4) is 0 Å². The molecule has 5 N–H and O–H groups in total. The number of hydrogen-bond donors (Lipinski definition) is 3. The number of rotatable bonds is 2. The standard InChI is InChI=1S/C8H14N4O/c1-3-11-7(13)6-5(9)4-8(2,10)12-6/h4H,3,9-10H2,1-2H3,(H,11,13). The maximum atomic E-state index is 11.3. The molecule has 0 aromatic carbocycles. The lowest BCUT2D eigenvalue weighted by atomic mass is 10.2. The van der Waals surface area contributed by atoms with Gasteiger partial charge in [0.1, 0.15) is 11.4 Å². The van der Waals surface area contributed by atoms with Gasteiger partial charge < -0.3 is 16.8 Å². The van der Waals surface area contributed by atoms with Crippen LogP contribution in [0.15, 0.2) is 16.8 Å². The number of nitrogens with zero attached hydrogens (tertiary/aromatic N) is 1. The average Bonchev–Trinajstić information content (AvgIpc) is 2.25. The molecule has 0 radical (unpaired) electrons. The molecule has 72 valence electrons. The van der Waals surface area contributed by atoms with Crippen LogP contribution in [0.2, 0.25) is 0 Å². The van der Waals surface area contributed by atoms with Gasteiger partial charge in [0.05, 0.1) is 5.70 Å². The lowest BCUT2D eigenvalue weighted by Gasteiger charge is -2.08. The van der Waals surface area contributed by atoms with E-state index in [0.29, 0.717) is 12.2 Å². The SMILES string of the molecule is CCNC(=O)C1=NC(C)(N)C=C1N. The van der Waals surface area contributed by atoms with Crippen molar-refractivity contribution >= 4 is 11.6 Å². The lowest BCUT2D eigenvalue weighted by molar-refractivity contribution is -0.114. The van der Waals surface area contributed by atoms with E-state index in [4.69, 9.17) is 11.5 Å². The number of carbonyl (C=O) groups excluding carboxylic acids is 1. The van der Waals surface area contributed by atoms with Gasteiger partial charge in [-0.1, -0.05) is 0 Å². The van der Waals surface area contributed by atoms with E-state index in [0.717, 1.165) is 0 Å². The molecule has 1 aliphatic heterocycles. The molecule has 1 amide bonds. The van der Waals surface area contributed by atoms with Gasteiger partial charge in [0.25, 0.3) is 5.91 Å². The van der Waals surface area contributed by atoms with Crippen LogP contribution in [-0.2, 0) is 4.79 Å². The summed E-state index contributed by atoms with van der Waals surface area (Å²) in [5, 5.41) is 2.61. The summed E-state index contributed by atoms with van der Waals surface area (Å²) < 4.78 is 0. The second kappa shape index (κ2) is 3.18. The second-order valence-corrected chi connectivity index (χ2v) is 3.15. The molecule has 13 heavy (non-hydrogen) atoms. The van der Waals surface area contributed by atoms with Crippen molar-refractivity contribution in [2.75, 3.05) is 6.54 Å². The Morgan fingerprint density at radius 1 is 1.77 bits per heavy atom. The van der Waals surface area contributed by atoms with Gasteiger partial charge >= 0.3 is 0 Å². The molecule has 0 fully saturated rings. The van der Waals surface area contributed by atoms with Gasteiger partial charge in [-0.05, 0) is 19.9 Å². The molecular weight excluding hydrogens is 168 g/mol. The van der Waals surface area contributed by atoms with Gasteiger partial charge in [0.15, 0.2) is 0 Å².